The summed E-state index contributed by atoms with van der Waals surface area (Å²) in [5, 5.41) is 3.40. The molecule has 1 heterocycles. The molecule has 0 saturated carbocycles. The number of nitrogens with zero attached hydrogens (tertiary/aromatic N) is 1. The summed E-state index contributed by atoms with van der Waals surface area (Å²) in [6.07, 6.45) is 1.04. The molecule has 0 radical (unpaired) electrons. The molecule has 1 aromatic carbocycles. The highest BCUT2D eigenvalue weighted by Gasteiger charge is 2.31. The van der Waals surface area contributed by atoms with Crippen LogP contribution in [-0.4, -0.2) is 43.2 Å². The van der Waals surface area contributed by atoms with Gasteiger partial charge in [0.1, 0.15) is 0 Å². The van der Waals surface area contributed by atoms with E-state index in [9.17, 15) is 0 Å². The minimum Gasteiger partial charge on any atom is -0.329 e. The summed E-state index contributed by atoms with van der Waals surface area (Å²) < 4.78 is 0. The molecule has 1 fully saturated rings. The van der Waals surface area contributed by atoms with Crippen molar-refractivity contribution in [2.75, 3.05) is 32.7 Å². The summed E-state index contributed by atoms with van der Waals surface area (Å²) >= 11 is 0. The lowest BCUT2D eigenvalue weighted by Crippen LogP contribution is -2.59. The largest absolute Gasteiger partial charge is 0.329 e. The van der Waals surface area contributed by atoms with Gasteiger partial charge in [-0.25, -0.2) is 0 Å². The van der Waals surface area contributed by atoms with Gasteiger partial charge in [-0.3, -0.25) is 4.90 Å². The first-order valence-electron chi connectivity index (χ1n) is 6.86. The second-order valence-electron chi connectivity index (χ2n) is 5.54. The number of piperazine rings is 1. The molecule has 3 N–H and O–H groups in total. The van der Waals surface area contributed by atoms with Crippen LogP contribution in [0.4, 0.5) is 0 Å². The van der Waals surface area contributed by atoms with Gasteiger partial charge in [-0.15, -0.1) is 0 Å². The van der Waals surface area contributed by atoms with Gasteiger partial charge in [-0.1, -0.05) is 24.3 Å². The molecular formula is C15H25N3. The van der Waals surface area contributed by atoms with Crippen LogP contribution in [-0.2, 0) is 6.42 Å². The number of benzene rings is 1. The normalized spacial score (nSPS) is 20.6. The van der Waals surface area contributed by atoms with Crippen LogP contribution in [0.15, 0.2) is 24.3 Å². The van der Waals surface area contributed by atoms with Gasteiger partial charge in [-0.05, 0) is 31.4 Å². The molecule has 1 atom stereocenters. The van der Waals surface area contributed by atoms with Crippen LogP contribution in [0.3, 0.4) is 0 Å². The van der Waals surface area contributed by atoms with Crippen LogP contribution in [0.2, 0.25) is 0 Å². The van der Waals surface area contributed by atoms with E-state index in [1.54, 1.807) is 0 Å². The summed E-state index contributed by atoms with van der Waals surface area (Å²) in [5.41, 5.74) is 8.94. The number of rotatable bonds is 4. The minimum atomic E-state index is 0.0776. The summed E-state index contributed by atoms with van der Waals surface area (Å²) in [5.74, 6) is 0. The lowest BCUT2D eigenvalue weighted by atomic mass is 9.88. The molecule has 0 aliphatic carbocycles. The molecule has 0 amide bonds. The SMILES string of the molecule is Cc1ccccc1CC(C)(CN)N1CCNCC1. The average molecular weight is 247 g/mol. The van der Waals surface area contributed by atoms with Crippen molar-refractivity contribution in [3.05, 3.63) is 35.4 Å². The van der Waals surface area contributed by atoms with Crippen LogP contribution in [0.1, 0.15) is 18.1 Å². The van der Waals surface area contributed by atoms with Gasteiger partial charge in [0.05, 0.1) is 0 Å². The van der Waals surface area contributed by atoms with Crippen LogP contribution in [0.5, 0.6) is 0 Å². The number of hydrogen-bond donors (Lipinski definition) is 2. The number of nitrogens with one attached hydrogen (secondary N) is 1. The molecule has 0 bridgehead atoms. The molecule has 3 heteroatoms. The van der Waals surface area contributed by atoms with E-state index in [4.69, 9.17) is 5.73 Å². The Balaban J connectivity index is 2.14. The molecule has 3 nitrogen and oxygen atoms in total. The summed E-state index contributed by atoms with van der Waals surface area (Å²) in [6, 6.07) is 8.63. The third kappa shape index (κ3) is 2.91. The molecule has 1 aliphatic rings. The fraction of sp³-hybridized carbons (Fsp3) is 0.600. The van der Waals surface area contributed by atoms with Crippen molar-refractivity contribution in [3.8, 4) is 0 Å². The third-order valence-corrected chi connectivity index (χ3v) is 4.15. The molecule has 18 heavy (non-hydrogen) atoms. The van der Waals surface area contributed by atoms with Crippen molar-refractivity contribution >= 4 is 0 Å². The van der Waals surface area contributed by atoms with Crippen LogP contribution in [0.25, 0.3) is 0 Å². The molecular weight excluding hydrogens is 222 g/mol. The van der Waals surface area contributed by atoms with Gasteiger partial charge in [0, 0.05) is 38.3 Å². The lowest BCUT2D eigenvalue weighted by Gasteiger charge is -2.43. The fourth-order valence-corrected chi connectivity index (χ4v) is 2.74. The van der Waals surface area contributed by atoms with E-state index in [0.29, 0.717) is 6.54 Å². The van der Waals surface area contributed by atoms with Crippen LogP contribution >= 0.6 is 0 Å². The molecule has 0 aromatic heterocycles. The molecule has 1 unspecified atom stereocenters. The van der Waals surface area contributed by atoms with Gasteiger partial charge in [-0.2, -0.15) is 0 Å². The predicted molar refractivity (Wildman–Crippen MR) is 76.8 cm³/mol. The van der Waals surface area contributed by atoms with Crippen molar-refractivity contribution in [1.29, 1.82) is 0 Å². The van der Waals surface area contributed by atoms with Gasteiger partial charge in [0.15, 0.2) is 0 Å². The second-order valence-corrected chi connectivity index (χ2v) is 5.54. The monoisotopic (exact) mass is 247 g/mol. The van der Waals surface area contributed by atoms with E-state index in [1.807, 2.05) is 0 Å². The van der Waals surface area contributed by atoms with Gasteiger partial charge in [0.25, 0.3) is 0 Å². The van der Waals surface area contributed by atoms with E-state index >= 15 is 0 Å². The van der Waals surface area contributed by atoms with Crippen LogP contribution < -0.4 is 11.1 Å². The van der Waals surface area contributed by atoms with Crippen molar-refractivity contribution in [2.45, 2.75) is 25.8 Å². The number of nitrogens with two attached hydrogens (primary N) is 1. The van der Waals surface area contributed by atoms with Crippen molar-refractivity contribution in [2.24, 2.45) is 5.73 Å². The molecule has 2 rings (SSSR count). The van der Waals surface area contributed by atoms with E-state index in [1.165, 1.54) is 11.1 Å². The minimum absolute atomic E-state index is 0.0776. The van der Waals surface area contributed by atoms with E-state index < -0.39 is 0 Å². The van der Waals surface area contributed by atoms with Gasteiger partial charge in [0.2, 0.25) is 0 Å². The fourth-order valence-electron chi connectivity index (χ4n) is 2.74. The van der Waals surface area contributed by atoms with E-state index in [2.05, 4.69) is 48.3 Å². The predicted octanol–water partition coefficient (Wildman–Crippen LogP) is 1.16. The number of aryl methyl sites for hydroxylation is 1. The Hall–Kier alpha value is -0.900. The highest BCUT2D eigenvalue weighted by molar-refractivity contribution is 5.27. The molecule has 0 spiro atoms. The Morgan fingerprint density at radius 3 is 2.56 bits per heavy atom. The molecule has 100 valence electrons. The van der Waals surface area contributed by atoms with Crippen molar-refractivity contribution < 1.29 is 0 Å². The Labute approximate surface area is 110 Å². The maximum atomic E-state index is 6.07. The Morgan fingerprint density at radius 1 is 1.28 bits per heavy atom. The first-order valence-corrected chi connectivity index (χ1v) is 6.86. The summed E-state index contributed by atoms with van der Waals surface area (Å²) in [7, 11) is 0. The smallest absolute Gasteiger partial charge is 0.0344 e. The first-order chi connectivity index (χ1) is 8.65. The summed E-state index contributed by atoms with van der Waals surface area (Å²) in [6.45, 7) is 9.53. The maximum Gasteiger partial charge on any atom is 0.0344 e. The second kappa shape index (κ2) is 5.83. The quantitative estimate of drug-likeness (QED) is 0.839. The topological polar surface area (TPSA) is 41.3 Å². The Bertz CT molecular complexity index is 385. The maximum absolute atomic E-state index is 6.07. The van der Waals surface area contributed by atoms with Crippen LogP contribution in [0, 0.1) is 6.92 Å². The van der Waals surface area contributed by atoms with Gasteiger partial charge >= 0.3 is 0 Å². The van der Waals surface area contributed by atoms with Crippen molar-refractivity contribution in [1.82, 2.24) is 10.2 Å². The first kappa shape index (κ1) is 13.5. The Kier molecular flexibility index (Phi) is 4.38. The lowest BCUT2D eigenvalue weighted by molar-refractivity contribution is 0.0945. The zero-order chi connectivity index (χ0) is 13.0. The van der Waals surface area contributed by atoms with E-state index in [0.717, 1.165) is 32.6 Å². The zero-order valence-electron chi connectivity index (χ0n) is 11.6. The molecule has 1 aliphatic heterocycles. The van der Waals surface area contributed by atoms with Crippen molar-refractivity contribution in [3.63, 3.8) is 0 Å². The van der Waals surface area contributed by atoms with E-state index in [-0.39, 0.29) is 5.54 Å². The zero-order valence-corrected chi connectivity index (χ0v) is 11.6. The standard InChI is InChI=1S/C15H25N3/c1-13-5-3-4-6-14(13)11-15(2,12-16)18-9-7-17-8-10-18/h3-6,17H,7-12,16H2,1-2H3. The highest BCUT2D eigenvalue weighted by Crippen LogP contribution is 2.22. The highest BCUT2D eigenvalue weighted by atomic mass is 15.2. The Morgan fingerprint density at radius 2 is 1.94 bits per heavy atom. The third-order valence-electron chi connectivity index (χ3n) is 4.15. The molecule has 1 saturated heterocycles. The molecule has 1 aromatic rings. The summed E-state index contributed by atoms with van der Waals surface area (Å²) in [4.78, 5) is 2.54. The average Bonchev–Trinajstić information content (AvgIpc) is 2.42. The van der Waals surface area contributed by atoms with Gasteiger partial charge < -0.3 is 11.1 Å². The number of hydrogen-bond acceptors (Lipinski definition) is 3.